The van der Waals surface area contributed by atoms with Crippen molar-refractivity contribution in [2.24, 2.45) is 5.10 Å². The fourth-order valence-electron chi connectivity index (χ4n) is 3.66. The molecule has 0 spiro atoms. The van der Waals surface area contributed by atoms with Gasteiger partial charge in [0, 0.05) is 29.5 Å². The molecular formula is C24H18ClN5S. The zero-order valence-electron chi connectivity index (χ0n) is 16.4. The van der Waals surface area contributed by atoms with Gasteiger partial charge in [0.05, 0.1) is 22.8 Å². The first-order valence-corrected chi connectivity index (χ1v) is 10.7. The van der Waals surface area contributed by atoms with Crippen LogP contribution in [-0.2, 0) is 0 Å². The van der Waals surface area contributed by atoms with Gasteiger partial charge in [0.1, 0.15) is 0 Å². The van der Waals surface area contributed by atoms with Crippen LogP contribution in [0.15, 0.2) is 90.3 Å². The predicted molar refractivity (Wildman–Crippen MR) is 129 cm³/mol. The normalized spacial score (nSPS) is 15.7. The standard InChI is InChI=1S/C24H18ClN5S/c25-18-9-6-16(7-10-18)21-15-23(17-8-11-20-22(14-17)27-13-12-26-20)30(29-21)24(31)28-19-4-2-1-3-5-19/h1-14,23H,15H2,(H,28,31). The van der Waals surface area contributed by atoms with Crippen LogP contribution in [0.25, 0.3) is 11.0 Å². The highest BCUT2D eigenvalue weighted by atomic mass is 35.5. The van der Waals surface area contributed by atoms with Crippen molar-refractivity contribution in [2.75, 3.05) is 5.32 Å². The van der Waals surface area contributed by atoms with E-state index >= 15 is 0 Å². The van der Waals surface area contributed by atoms with Crippen LogP contribution in [-0.4, -0.2) is 25.8 Å². The Morgan fingerprint density at radius 2 is 1.68 bits per heavy atom. The molecule has 0 saturated heterocycles. The molecule has 1 atom stereocenters. The minimum absolute atomic E-state index is 0.0548. The molecule has 1 aliphatic heterocycles. The van der Waals surface area contributed by atoms with Crippen LogP contribution >= 0.6 is 23.8 Å². The number of hydrazone groups is 1. The first kappa shape index (κ1) is 19.6. The molecule has 1 aromatic heterocycles. The Bertz CT molecular complexity index is 1270. The number of fused-ring (bicyclic) bond motifs is 1. The van der Waals surface area contributed by atoms with Crippen LogP contribution in [0, 0.1) is 0 Å². The second kappa shape index (κ2) is 8.41. The van der Waals surface area contributed by atoms with E-state index in [2.05, 4.69) is 27.4 Å². The number of anilines is 1. The van der Waals surface area contributed by atoms with Crippen LogP contribution in [0.4, 0.5) is 5.69 Å². The summed E-state index contributed by atoms with van der Waals surface area (Å²) < 4.78 is 0. The van der Waals surface area contributed by atoms with Crippen LogP contribution in [0.5, 0.6) is 0 Å². The van der Waals surface area contributed by atoms with E-state index in [0.29, 0.717) is 16.6 Å². The number of aromatic nitrogens is 2. The third-order valence-corrected chi connectivity index (χ3v) is 5.74. The highest BCUT2D eigenvalue weighted by molar-refractivity contribution is 7.80. The Hall–Kier alpha value is -3.35. The number of thiocarbonyl (C=S) groups is 1. The Kier molecular flexibility index (Phi) is 5.32. The number of hydrogen-bond acceptors (Lipinski definition) is 4. The Balaban J connectivity index is 1.51. The maximum Gasteiger partial charge on any atom is 0.194 e. The fourth-order valence-corrected chi connectivity index (χ4v) is 4.08. The van der Waals surface area contributed by atoms with E-state index in [1.165, 1.54) is 0 Å². The number of nitrogens with zero attached hydrogens (tertiary/aromatic N) is 4. The Labute approximate surface area is 190 Å². The number of nitrogens with one attached hydrogen (secondary N) is 1. The highest BCUT2D eigenvalue weighted by Crippen LogP contribution is 2.34. The summed E-state index contributed by atoms with van der Waals surface area (Å²) in [6.07, 6.45) is 4.12. The van der Waals surface area contributed by atoms with Crippen molar-refractivity contribution in [3.05, 3.63) is 101 Å². The summed E-state index contributed by atoms with van der Waals surface area (Å²) in [4.78, 5) is 8.83. The lowest BCUT2D eigenvalue weighted by atomic mass is 9.98. The highest BCUT2D eigenvalue weighted by Gasteiger charge is 2.31. The maximum atomic E-state index is 6.07. The number of hydrogen-bond donors (Lipinski definition) is 1. The molecule has 1 unspecified atom stereocenters. The van der Waals surface area contributed by atoms with Gasteiger partial charge in [0.25, 0.3) is 0 Å². The average Bonchev–Trinajstić information content (AvgIpc) is 3.26. The lowest BCUT2D eigenvalue weighted by molar-refractivity contribution is 0.376. The zero-order valence-corrected chi connectivity index (χ0v) is 18.0. The van der Waals surface area contributed by atoms with Gasteiger partial charge in [-0.3, -0.25) is 9.97 Å². The summed E-state index contributed by atoms with van der Waals surface area (Å²) in [6, 6.07) is 23.7. The summed E-state index contributed by atoms with van der Waals surface area (Å²) in [7, 11) is 0. The van der Waals surface area contributed by atoms with Crippen LogP contribution in [0.2, 0.25) is 5.02 Å². The molecule has 0 fully saturated rings. The summed E-state index contributed by atoms with van der Waals surface area (Å²) in [5.74, 6) is 0. The van der Waals surface area contributed by atoms with Gasteiger partial charge < -0.3 is 5.32 Å². The summed E-state index contributed by atoms with van der Waals surface area (Å²) in [5.41, 5.74) is 5.70. The van der Waals surface area contributed by atoms with Crippen molar-refractivity contribution < 1.29 is 0 Å². The number of para-hydroxylation sites is 1. The SMILES string of the molecule is S=C(Nc1ccccc1)N1N=C(c2ccc(Cl)cc2)CC1c1ccc2nccnc2c1. The fraction of sp³-hybridized carbons (Fsp3) is 0.0833. The predicted octanol–water partition coefficient (Wildman–Crippen LogP) is 5.83. The van der Waals surface area contributed by atoms with Gasteiger partial charge in [-0.05, 0) is 59.7 Å². The van der Waals surface area contributed by atoms with Gasteiger partial charge in [-0.25, -0.2) is 5.01 Å². The number of halogens is 1. The van der Waals surface area contributed by atoms with Crippen LogP contribution < -0.4 is 5.32 Å². The third kappa shape index (κ3) is 4.13. The van der Waals surface area contributed by atoms with Gasteiger partial charge >= 0.3 is 0 Å². The second-order valence-corrected chi connectivity index (χ2v) is 8.04. The summed E-state index contributed by atoms with van der Waals surface area (Å²) >= 11 is 11.8. The molecule has 0 radical (unpaired) electrons. The van der Waals surface area contributed by atoms with E-state index in [9.17, 15) is 0 Å². The number of rotatable bonds is 3. The third-order valence-electron chi connectivity index (χ3n) is 5.20. The van der Waals surface area contributed by atoms with E-state index < -0.39 is 0 Å². The van der Waals surface area contributed by atoms with Gasteiger partial charge in [-0.15, -0.1) is 0 Å². The molecule has 1 aliphatic rings. The molecule has 3 aromatic carbocycles. The topological polar surface area (TPSA) is 53.4 Å². The van der Waals surface area contributed by atoms with Crippen molar-refractivity contribution in [2.45, 2.75) is 12.5 Å². The minimum Gasteiger partial charge on any atom is -0.331 e. The van der Waals surface area contributed by atoms with E-state index in [1.54, 1.807) is 12.4 Å². The van der Waals surface area contributed by atoms with Gasteiger partial charge in [0.2, 0.25) is 0 Å². The van der Waals surface area contributed by atoms with Crippen molar-refractivity contribution in [3.8, 4) is 0 Å². The smallest absolute Gasteiger partial charge is 0.194 e. The van der Waals surface area contributed by atoms with Gasteiger partial charge in [0.15, 0.2) is 5.11 Å². The molecule has 2 heterocycles. The second-order valence-electron chi connectivity index (χ2n) is 7.22. The monoisotopic (exact) mass is 443 g/mol. The minimum atomic E-state index is -0.0548. The van der Waals surface area contributed by atoms with E-state index in [-0.39, 0.29) is 6.04 Å². The molecule has 5 rings (SSSR count). The molecular weight excluding hydrogens is 426 g/mol. The van der Waals surface area contributed by atoms with Crippen molar-refractivity contribution in [3.63, 3.8) is 0 Å². The molecule has 0 bridgehead atoms. The molecule has 5 nitrogen and oxygen atoms in total. The zero-order chi connectivity index (χ0) is 21.2. The van der Waals surface area contributed by atoms with Crippen LogP contribution in [0.1, 0.15) is 23.6 Å². The first-order chi connectivity index (χ1) is 15.2. The Morgan fingerprint density at radius 1 is 0.935 bits per heavy atom. The largest absolute Gasteiger partial charge is 0.331 e. The van der Waals surface area contributed by atoms with E-state index in [1.807, 2.05) is 65.7 Å². The van der Waals surface area contributed by atoms with Gasteiger partial charge in [-0.1, -0.05) is 48.0 Å². The van der Waals surface area contributed by atoms with Gasteiger partial charge in [-0.2, -0.15) is 5.10 Å². The van der Waals surface area contributed by atoms with E-state index in [4.69, 9.17) is 28.9 Å². The summed E-state index contributed by atoms with van der Waals surface area (Å²) in [5, 5.41) is 11.3. The van der Waals surface area contributed by atoms with Crippen molar-refractivity contribution in [1.82, 2.24) is 15.0 Å². The maximum absolute atomic E-state index is 6.07. The molecule has 152 valence electrons. The lowest BCUT2D eigenvalue weighted by Gasteiger charge is -2.25. The number of benzene rings is 3. The van der Waals surface area contributed by atoms with Crippen LogP contribution in [0.3, 0.4) is 0 Å². The molecule has 31 heavy (non-hydrogen) atoms. The van der Waals surface area contributed by atoms with Crippen molar-refractivity contribution >= 4 is 51.4 Å². The Morgan fingerprint density at radius 3 is 2.45 bits per heavy atom. The quantitative estimate of drug-likeness (QED) is 0.403. The molecule has 0 saturated carbocycles. The van der Waals surface area contributed by atoms with E-state index in [0.717, 1.165) is 33.6 Å². The molecule has 1 N–H and O–H groups in total. The molecule has 4 aromatic rings. The first-order valence-electron chi connectivity index (χ1n) is 9.87. The average molecular weight is 444 g/mol. The van der Waals surface area contributed by atoms with Crippen molar-refractivity contribution in [1.29, 1.82) is 0 Å². The molecule has 0 amide bonds. The lowest BCUT2D eigenvalue weighted by Crippen LogP contribution is -2.31. The molecule has 7 heteroatoms. The molecule has 0 aliphatic carbocycles. The summed E-state index contributed by atoms with van der Waals surface area (Å²) in [6.45, 7) is 0.